The molecule has 3 aromatic carbocycles. The number of hydrogen-bond acceptors (Lipinski definition) is 5. The molecule has 0 radical (unpaired) electrons. The Morgan fingerprint density at radius 3 is 2.36 bits per heavy atom. The van der Waals surface area contributed by atoms with Crippen LogP contribution < -0.4 is 5.48 Å². The number of hydroxylamine groups is 1. The molecule has 1 unspecified atom stereocenters. The van der Waals surface area contributed by atoms with Gasteiger partial charge in [0.1, 0.15) is 5.76 Å². The number of aryl methyl sites for hydroxylation is 2. The molecule has 1 aliphatic rings. The number of esters is 1. The Morgan fingerprint density at radius 1 is 0.972 bits per heavy atom. The fourth-order valence-electron chi connectivity index (χ4n) is 5.07. The van der Waals surface area contributed by atoms with Crippen molar-refractivity contribution in [3.05, 3.63) is 106 Å². The van der Waals surface area contributed by atoms with Crippen molar-refractivity contribution < 1.29 is 19.2 Å². The van der Waals surface area contributed by atoms with Gasteiger partial charge in [-0.1, -0.05) is 61.5 Å². The van der Waals surface area contributed by atoms with Gasteiger partial charge in [-0.15, -0.1) is 0 Å². The zero-order chi connectivity index (χ0) is 25.7. The molecule has 3 aromatic rings. The minimum Gasteiger partial charge on any atom is -0.427 e. The summed E-state index contributed by atoms with van der Waals surface area (Å²) in [5.41, 5.74) is 7.76. The molecule has 1 aliphatic carbocycles. The highest BCUT2D eigenvalue weighted by Gasteiger charge is 2.34. The predicted molar refractivity (Wildman–Crippen MR) is 142 cm³/mol. The quantitative estimate of drug-likeness (QED) is 0.280. The second kappa shape index (κ2) is 11.4. The van der Waals surface area contributed by atoms with Gasteiger partial charge in [0, 0.05) is 12.8 Å². The summed E-state index contributed by atoms with van der Waals surface area (Å²) in [6, 6.07) is 19.3. The van der Waals surface area contributed by atoms with Gasteiger partial charge in [-0.25, -0.2) is 4.79 Å². The van der Waals surface area contributed by atoms with E-state index in [0.717, 1.165) is 16.5 Å². The average Bonchev–Trinajstić information content (AvgIpc) is 2.87. The summed E-state index contributed by atoms with van der Waals surface area (Å²) in [7, 11) is 0. The Kier molecular flexibility index (Phi) is 8.01. The summed E-state index contributed by atoms with van der Waals surface area (Å²) in [6.07, 6.45) is 3.34. The SMILES string of the molecule is CCC=C(NOCC)C1=C(OC(=O)c2ccccc2)CC(c2c(C)cc(C)c3ccccc23)CC1=O. The van der Waals surface area contributed by atoms with E-state index in [0.29, 0.717) is 48.5 Å². The van der Waals surface area contributed by atoms with Gasteiger partial charge in [-0.3, -0.25) is 15.1 Å². The van der Waals surface area contributed by atoms with Crippen LogP contribution in [-0.4, -0.2) is 18.4 Å². The number of fused-ring (bicyclic) bond motifs is 1. The number of nitrogens with one attached hydrogen (secondary N) is 1. The number of carbonyl (C=O) groups is 2. The molecule has 0 fully saturated rings. The lowest BCUT2D eigenvalue weighted by Crippen LogP contribution is -2.27. The van der Waals surface area contributed by atoms with Gasteiger partial charge in [0.25, 0.3) is 0 Å². The minimum absolute atomic E-state index is 0.0712. The van der Waals surface area contributed by atoms with Crippen molar-refractivity contribution in [1.29, 1.82) is 0 Å². The van der Waals surface area contributed by atoms with Gasteiger partial charge in [0.2, 0.25) is 0 Å². The van der Waals surface area contributed by atoms with Crippen molar-refractivity contribution in [3.8, 4) is 0 Å². The predicted octanol–water partition coefficient (Wildman–Crippen LogP) is 6.85. The van der Waals surface area contributed by atoms with E-state index in [4.69, 9.17) is 9.57 Å². The topological polar surface area (TPSA) is 64.6 Å². The van der Waals surface area contributed by atoms with Gasteiger partial charge < -0.3 is 4.74 Å². The number of allylic oxidation sites excluding steroid dienone is 3. The molecule has 0 amide bonds. The molecule has 0 spiro atoms. The van der Waals surface area contributed by atoms with Crippen LogP contribution in [0.3, 0.4) is 0 Å². The monoisotopic (exact) mass is 483 g/mol. The Labute approximate surface area is 212 Å². The molecule has 1 atom stereocenters. The lowest BCUT2D eigenvalue weighted by Gasteiger charge is -2.29. The highest BCUT2D eigenvalue weighted by Crippen LogP contribution is 2.42. The molecule has 0 saturated heterocycles. The summed E-state index contributed by atoms with van der Waals surface area (Å²) in [5.74, 6) is -0.284. The Balaban J connectivity index is 1.82. The maximum Gasteiger partial charge on any atom is 0.343 e. The third-order valence-corrected chi connectivity index (χ3v) is 6.56. The molecule has 0 heterocycles. The van der Waals surface area contributed by atoms with Crippen LogP contribution in [-0.2, 0) is 14.4 Å². The van der Waals surface area contributed by atoms with E-state index in [1.54, 1.807) is 24.3 Å². The van der Waals surface area contributed by atoms with Crippen molar-refractivity contribution in [3.63, 3.8) is 0 Å². The standard InChI is InChI=1S/C31H33NO4/c1-5-12-26(32-35-6-2)30-27(33)18-23(19-28(30)36-31(34)22-13-8-7-9-14-22)29-21(4)17-20(3)24-15-10-11-16-25(24)29/h7-17,23,32H,5-6,18-19H2,1-4H3. The zero-order valence-corrected chi connectivity index (χ0v) is 21.4. The highest BCUT2D eigenvalue weighted by atomic mass is 16.6. The fourth-order valence-corrected chi connectivity index (χ4v) is 5.07. The van der Waals surface area contributed by atoms with Gasteiger partial charge in [-0.2, -0.15) is 0 Å². The Bertz CT molecular complexity index is 1340. The number of rotatable bonds is 8. The van der Waals surface area contributed by atoms with Gasteiger partial charge in [0.05, 0.1) is 23.4 Å². The normalized spacial score (nSPS) is 16.4. The molecule has 4 rings (SSSR count). The number of ketones is 1. The second-order valence-corrected chi connectivity index (χ2v) is 9.11. The van der Waals surface area contributed by atoms with E-state index in [1.807, 2.05) is 38.1 Å². The van der Waals surface area contributed by atoms with Crippen LogP contribution in [0.1, 0.15) is 66.1 Å². The smallest absolute Gasteiger partial charge is 0.343 e. The Morgan fingerprint density at radius 2 is 1.67 bits per heavy atom. The summed E-state index contributed by atoms with van der Waals surface area (Å²) in [6.45, 7) is 8.48. The average molecular weight is 484 g/mol. The van der Waals surface area contributed by atoms with Crippen LogP contribution >= 0.6 is 0 Å². The second-order valence-electron chi connectivity index (χ2n) is 9.11. The molecule has 0 bridgehead atoms. The van der Waals surface area contributed by atoms with Crippen molar-refractivity contribution in [2.75, 3.05) is 6.61 Å². The molecule has 36 heavy (non-hydrogen) atoms. The van der Waals surface area contributed by atoms with Crippen LogP contribution in [0.5, 0.6) is 0 Å². The van der Waals surface area contributed by atoms with Crippen molar-refractivity contribution in [2.45, 2.75) is 52.9 Å². The third-order valence-electron chi connectivity index (χ3n) is 6.56. The number of Topliss-reactive ketones (excluding diaryl/α,β-unsaturated/α-hetero) is 1. The molecule has 0 aromatic heterocycles. The molecule has 1 N–H and O–H groups in total. The number of hydrogen-bond donors (Lipinski definition) is 1. The van der Waals surface area contributed by atoms with E-state index in [-0.39, 0.29) is 11.7 Å². The van der Waals surface area contributed by atoms with Crippen molar-refractivity contribution >= 4 is 22.5 Å². The molecular weight excluding hydrogens is 450 g/mol. The van der Waals surface area contributed by atoms with Crippen LogP contribution in [0.2, 0.25) is 0 Å². The van der Waals surface area contributed by atoms with E-state index in [2.05, 4.69) is 37.5 Å². The zero-order valence-electron chi connectivity index (χ0n) is 21.4. The van der Waals surface area contributed by atoms with Gasteiger partial charge in [0.15, 0.2) is 5.78 Å². The summed E-state index contributed by atoms with van der Waals surface area (Å²) >= 11 is 0. The number of benzene rings is 3. The molecule has 0 saturated carbocycles. The number of ether oxygens (including phenoxy) is 1. The van der Waals surface area contributed by atoms with Gasteiger partial charge >= 0.3 is 5.97 Å². The van der Waals surface area contributed by atoms with Crippen LogP contribution in [0, 0.1) is 13.8 Å². The van der Waals surface area contributed by atoms with E-state index in [1.165, 1.54) is 10.9 Å². The Hall–Kier alpha value is -3.70. The third kappa shape index (κ3) is 5.26. The summed E-state index contributed by atoms with van der Waals surface area (Å²) in [4.78, 5) is 32.2. The van der Waals surface area contributed by atoms with E-state index < -0.39 is 5.97 Å². The first-order valence-corrected chi connectivity index (χ1v) is 12.5. The van der Waals surface area contributed by atoms with E-state index in [9.17, 15) is 9.59 Å². The molecular formula is C31H33NO4. The molecule has 5 nitrogen and oxygen atoms in total. The summed E-state index contributed by atoms with van der Waals surface area (Å²) in [5, 5.41) is 2.31. The molecule has 186 valence electrons. The highest BCUT2D eigenvalue weighted by molar-refractivity contribution is 6.03. The first-order chi connectivity index (χ1) is 17.4. The van der Waals surface area contributed by atoms with Crippen LogP contribution in [0.4, 0.5) is 0 Å². The summed E-state index contributed by atoms with van der Waals surface area (Å²) < 4.78 is 5.98. The first-order valence-electron chi connectivity index (χ1n) is 12.5. The number of carbonyl (C=O) groups excluding carboxylic acids is 2. The largest absolute Gasteiger partial charge is 0.427 e. The van der Waals surface area contributed by atoms with Crippen molar-refractivity contribution in [1.82, 2.24) is 5.48 Å². The first kappa shape index (κ1) is 25.4. The van der Waals surface area contributed by atoms with Gasteiger partial charge in [-0.05, 0) is 72.7 Å². The lowest BCUT2D eigenvalue weighted by atomic mass is 9.78. The molecule has 0 aliphatic heterocycles. The maximum absolute atomic E-state index is 13.7. The molecule has 5 heteroatoms. The van der Waals surface area contributed by atoms with Crippen LogP contribution in [0.25, 0.3) is 10.8 Å². The maximum atomic E-state index is 13.7. The lowest BCUT2D eigenvalue weighted by molar-refractivity contribution is -0.116. The minimum atomic E-state index is -0.478. The van der Waals surface area contributed by atoms with Crippen molar-refractivity contribution in [2.24, 2.45) is 0 Å². The fraction of sp³-hybridized carbons (Fsp3) is 0.290. The van der Waals surface area contributed by atoms with E-state index >= 15 is 0 Å². The van der Waals surface area contributed by atoms with Crippen LogP contribution in [0.15, 0.2) is 83.8 Å².